The molecule has 1 atom stereocenters. The maximum Gasteiger partial charge on any atom is 0.326 e. The number of carboxylic acids is 1. The third-order valence-corrected chi connectivity index (χ3v) is 5.42. The van der Waals surface area contributed by atoms with E-state index in [9.17, 15) is 27.5 Å². The van der Waals surface area contributed by atoms with Crippen molar-refractivity contribution in [3.05, 3.63) is 66.0 Å². The van der Waals surface area contributed by atoms with Crippen molar-refractivity contribution in [3.63, 3.8) is 0 Å². The van der Waals surface area contributed by atoms with Crippen LogP contribution in [-0.2, 0) is 25.8 Å². The normalized spacial score (nSPS) is 12.3. The molecule has 2 rings (SSSR count). The van der Waals surface area contributed by atoms with Gasteiger partial charge in [-0.25, -0.2) is 17.6 Å². The lowest BCUT2D eigenvalue weighted by atomic mass is 10.1. The van der Waals surface area contributed by atoms with Crippen molar-refractivity contribution in [2.75, 3.05) is 5.75 Å². The Morgan fingerprint density at radius 3 is 2.23 bits per heavy atom. The standard InChI is InChI=1S/C18H18FNO5S/c19-14-6-8-15(9-7-14)26(24,25)11-10-17(21)20-16(18(22)23)12-13-4-2-1-3-5-13/h1-9,16H,10-12H2,(H,20,21)(H,22,23)/t16-/m0/s1. The number of sulfone groups is 1. The number of halogens is 1. The second-order valence-electron chi connectivity index (χ2n) is 5.67. The molecule has 138 valence electrons. The molecular weight excluding hydrogens is 361 g/mol. The van der Waals surface area contributed by atoms with Crippen LogP contribution in [-0.4, -0.2) is 37.2 Å². The van der Waals surface area contributed by atoms with Gasteiger partial charge in [0, 0.05) is 12.8 Å². The van der Waals surface area contributed by atoms with E-state index in [-0.39, 0.29) is 11.3 Å². The molecule has 0 saturated heterocycles. The minimum absolute atomic E-state index is 0.0899. The molecule has 0 saturated carbocycles. The third-order valence-electron chi connectivity index (χ3n) is 3.69. The zero-order chi connectivity index (χ0) is 19.2. The first-order valence-electron chi connectivity index (χ1n) is 7.82. The summed E-state index contributed by atoms with van der Waals surface area (Å²) >= 11 is 0. The Hall–Kier alpha value is -2.74. The Morgan fingerprint density at radius 1 is 1.04 bits per heavy atom. The van der Waals surface area contributed by atoms with Crippen LogP contribution in [0.25, 0.3) is 0 Å². The molecule has 2 aromatic rings. The van der Waals surface area contributed by atoms with Crippen molar-refractivity contribution < 1.29 is 27.5 Å². The summed E-state index contributed by atoms with van der Waals surface area (Å²) in [7, 11) is -3.76. The van der Waals surface area contributed by atoms with Crippen molar-refractivity contribution >= 4 is 21.7 Å². The fourth-order valence-electron chi connectivity index (χ4n) is 2.30. The van der Waals surface area contributed by atoms with Gasteiger partial charge in [0.1, 0.15) is 11.9 Å². The largest absolute Gasteiger partial charge is 0.480 e. The minimum atomic E-state index is -3.76. The van der Waals surface area contributed by atoms with Gasteiger partial charge in [0.15, 0.2) is 9.84 Å². The molecule has 0 aliphatic heterocycles. The number of hydrogen-bond donors (Lipinski definition) is 2. The van der Waals surface area contributed by atoms with Crippen molar-refractivity contribution in [2.45, 2.75) is 23.8 Å². The maximum absolute atomic E-state index is 12.9. The molecule has 2 N–H and O–H groups in total. The molecule has 0 bridgehead atoms. The van der Waals surface area contributed by atoms with E-state index in [1.54, 1.807) is 30.3 Å². The molecule has 0 spiro atoms. The highest BCUT2D eigenvalue weighted by Gasteiger charge is 2.22. The molecule has 1 amide bonds. The van der Waals surface area contributed by atoms with E-state index in [1.807, 2.05) is 0 Å². The number of aliphatic carboxylic acids is 1. The summed E-state index contributed by atoms with van der Waals surface area (Å²) in [5.41, 5.74) is 0.735. The molecule has 0 aromatic heterocycles. The van der Waals surface area contributed by atoms with E-state index in [0.717, 1.165) is 29.8 Å². The van der Waals surface area contributed by atoms with Gasteiger partial charge in [-0.2, -0.15) is 0 Å². The third kappa shape index (κ3) is 5.66. The fraction of sp³-hybridized carbons (Fsp3) is 0.222. The van der Waals surface area contributed by atoms with Crippen LogP contribution in [0.5, 0.6) is 0 Å². The Kier molecular flexibility index (Phi) is 6.46. The zero-order valence-corrected chi connectivity index (χ0v) is 14.6. The molecule has 8 heteroatoms. The number of carbonyl (C=O) groups is 2. The highest BCUT2D eigenvalue weighted by molar-refractivity contribution is 7.91. The van der Waals surface area contributed by atoms with Crippen molar-refractivity contribution in [1.82, 2.24) is 5.32 Å². The quantitative estimate of drug-likeness (QED) is 0.681. The van der Waals surface area contributed by atoms with Gasteiger partial charge in [-0.3, -0.25) is 4.79 Å². The summed E-state index contributed by atoms with van der Waals surface area (Å²) in [5.74, 6) is -2.95. The number of nitrogens with one attached hydrogen (secondary N) is 1. The number of carbonyl (C=O) groups excluding carboxylic acids is 1. The molecule has 26 heavy (non-hydrogen) atoms. The van der Waals surface area contributed by atoms with Gasteiger partial charge >= 0.3 is 5.97 Å². The van der Waals surface area contributed by atoms with Crippen LogP contribution in [0.3, 0.4) is 0 Å². The smallest absolute Gasteiger partial charge is 0.326 e. The number of hydrogen-bond acceptors (Lipinski definition) is 4. The van der Waals surface area contributed by atoms with Gasteiger partial charge in [0.2, 0.25) is 5.91 Å². The molecule has 2 aromatic carbocycles. The molecule has 0 heterocycles. The first-order chi connectivity index (χ1) is 12.3. The summed E-state index contributed by atoms with van der Waals surface area (Å²) in [6, 6.07) is 11.9. The highest BCUT2D eigenvalue weighted by Crippen LogP contribution is 2.13. The molecule has 0 fully saturated rings. The maximum atomic E-state index is 12.9. The average molecular weight is 379 g/mol. The Balaban J connectivity index is 1.95. The Bertz CT molecular complexity index is 866. The molecular formula is C18H18FNO5S. The number of benzene rings is 2. The lowest BCUT2D eigenvalue weighted by molar-refractivity contribution is -0.141. The summed E-state index contributed by atoms with van der Waals surface area (Å²) in [4.78, 5) is 23.2. The minimum Gasteiger partial charge on any atom is -0.480 e. The second-order valence-corrected chi connectivity index (χ2v) is 7.78. The summed E-state index contributed by atoms with van der Waals surface area (Å²) < 4.78 is 37.2. The van der Waals surface area contributed by atoms with Crippen LogP contribution in [0.1, 0.15) is 12.0 Å². The van der Waals surface area contributed by atoms with E-state index in [0.29, 0.717) is 0 Å². The van der Waals surface area contributed by atoms with Crippen LogP contribution >= 0.6 is 0 Å². The molecule has 0 unspecified atom stereocenters. The van der Waals surface area contributed by atoms with Crippen molar-refractivity contribution in [2.24, 2.45) is 0 Å². The zero-order valence-electron chi connectivity index (χ0n) is 13.8. The topological polar surface area (TPSA) is 101 Å². The molecule has 0 aliphatic rings. The van der Waals surface area contributed by atoms with Gasteiger partial charge < -0.3 is 10.4 Å². The highest BCUT2D eigenvalue weighted by atomic mass is 32.2. The van der Waals surface area contributed by atoms with E-state index < -0.39 is 45.7 Å². The van der Waals surface area contributed by atoms with Gasteiger partial charge in [0.25, 0.3) is 0 Å². The first-order valence-corrected chi connectivity index (χ1v) is 9.47. The number of carboxylic acid groups (broad SMARTS) is 1. The summed E-state index contributed by atoms with van der Waals surface area (Å²) in [6.45, 7) is 0. The predicted octanol–water partition coefficient (Wildman–Crippen LogP) is 1.80. The Labute approximate surface area is 150 Å². The molecule has 6 nitrogen and oxygen atoms in total. The fourth-order valence-corrected chi connectivity index (χ4v) is 3.54. The second kappa shape index (κ2) is 8.57. The predicted molar refractivity (Wildman–Crippen MR) is 92.8 cm³/mol. The van der Waals surface area contributed by atoms with Crippen LogP contribution in [0.2, 0.25) is 0 Å². The van der Waals surface area contributed by atoms with Crippen LogP contribution in [0, 0.1) is 5.82 Å². The summed E-state index contributed by atoms with van der Waals surface area (Å²) in [5, 5.41) is 11.6. The number of rotatable bonds is 8. The van der Waals surface area contributed by atoms with Crippen LogP contribution in [0.4, 0.5) is 4.39 Å². The first kappa shape index (κ1) is 19.6. The molecule has 0 aliphatic carbocycles. The van der Waals surface area contributed by atoms with E-state index >= 15 is 0 Å². The van der Waals surface area contributed by atoms with Gasteiger partial charge in [0.05, 0.1) is 10.6 Å². The van der Waals surface area contributed by atoms with Crippen LogP contribution < -0.4 is 5.32 Å². The SMILES string of the molecule is O=C(CCS(=O)(=O)c1ccc(F)cc1)N[C@@H](Cc1ccccc1)C(=O)O. The lowest BCUT2D eigenvalue weighted by Gasteiger charge is -2.14. The van der Waals surface area contributed by atoms with Gasteiger partial charge in [-0.05, 0) is 29.8 Å². The van der Waals surface area contributed by atoms with E-state index in [4.69, 9.17) is 0 Å². The van der Waals surface area contributed by atoms with Crippen LogP contribution in [0.15, 0.2) is 59.5 Å². The van der Waals surface area contributed by atoms with E-state index in [1.165, 1.54) is 0 Å². The van der Waals surface area contributed by atoms with Crippen molar-refractivity contribution in [1.29, 1.82) is 0 Å². The van der Waals surface area contributed by atoms with Crippen molar-refractivity contribution in [3.8, 4) is 0 Å². The average Bonchev–Trinajstić information content (AvgIpc) is 2.61. The van der Waals surface area contributed by atoms with Gasteiger partial charge in [-0.15, -0.1) is 0 Å². The molecule has 0 radical (unpaired) electrons. The lowest BCUT2D eigenvalue weighted by Crippen LogP contribution is -2.42. The number of amides is 1. The monoisotopic (exact) mass is 379 g/mol. The Morgan fingerprint density at radius 2 is 1.65 bits per heavy atom. The van der Waals surface area contributed by atoms with Gasteiger partial charge in [-0.1, -0.05) is 30.3 Å². The summed E-state index contributed by atoms with van der Waals surface area (Å²) in [6.07, 6.45) is -0.301. The van der Waals surface area contributed by atoms with E-state index in [2.05, 4.69) is 5.32 Å².